The number of nitrogens with zero attached hydrogens (tertiary/aromatic N) is 2. The summed E-state index contributed by atoms with van der Waals surface area (Å²) in [5.41, 5.74) is 1.88. The number of thioether (sulfide) groups is 1. The zero-order valence-electron chi connectivity index (χ0n) is 16.0. The summed E-state index contributed by atoms with van der Waals surface area (Å²) >= 11 is 2.42. The number of amides is 2. The van der Waals surface area contributed by atoms with Gasteiger partial charge in [-0.05, 0) is 29.8 Å². The fourth-order valence-corrected chi connectivity index (χ4v) is 3.96. The Bertz CT molecular complexity index is 1020. The summed E-state index contributed by atoms with van der Waals surface area (Å²) in [6, 6.07) is 15.8. The molecule has 0 aliphatic rings. The smallest absolute Gasteiger partial charge is 0.337 e. The number of hydrogen-bond acceptors (Lipinski definition) is 8. The van der Waals surface area contributed by atoms with Crippen LogP contribution in [0.15, 0.2) is 58.9 Å². The first-order chi connectivity index (χ1) is 14.5. The van der Waals surface area contributed by atoms with E-state index in [0.717, 1.165) is 5.56 Å². The van der Waals surface area contributed by atoms with Gasteiger partial charge in [-0.3, -0.25) is 9.59 Å². The highest BCUT2D eigenvalue weighted by Crippen LogP contribution is 2.25. The predicted octanol–water partition coefficient (Wildman–Crippen LogP) is 3.24. The number of hydrogen-bond donors (Lipinski definition) is 2. The van der Waals surface area contributed by atoms with Gasteiger partial charge in [0.15, 0.2) is 4.34 Å². The number of anilines is 2. The first-order valence-electron chi connectivity index (χ1n) is 8.82. The number of esters is 1. The maximum Gasteiger partial charge on any atom is 0.337 e. The molecule has 30 heavy (non-hydrogen) atoms. The van der Waals surface area contributed by atoms with Crippen molar-refractivity contribution in [3.05, 3.63) is 65.7 Å². The molecule has 0 atom stereocenters. The lowest BCUT2D eigenvalue weighted by Gasteiger charge is -2.05. The summed E-state index contributed by atoms with van der Waals surface area (Å²) in [7, 11) is 1.31. The Balaban J connectivity index is 1.45. The second-order valence-corrected chi connectivity index (χ2v) is 8.19. The number of carbonyl (C=O) groups excluding carboxylic acids is 3. The highest BCUT2D eigenvalue weighted by atomic mass is 32.2. The summed E-state index contributed by atoms with van der Waals surface area (Å²) in [6.45, 7) is 0. The number of carbonyl (C=O) groups is 3. The molecular formula is C20H18N4O4S2. The Hall–Kier alpha value is -3.24. The van der Waals surface area contributed by atoms with Crippen molar-refractivity contribution in [3.63, 3.8) is 0 Å². The molecule has 0 fully saturated rings. The minimum atomic E-state index is -0.439. The lowest BCUT2D eigenvalue weighted by atomic mass is 10.1. The van der Waals surface area contributed by atoms with Crippen molar-refractivity contribution < 1.29 is 19.1 Å². The van der Waals surface area contributed by atoms with Gasteiger partial charge in [-0.1, -0.05) is 53.4 Å². The summed E-state index contributed by atoms with van der Waals surface area (Å²) < 4.78 is 5.20. The molecule has 10 heteroatoms. The molecule has 0 saturated carbocycles. The van der Waals surface area contributed by atoms with Crippen LogP contribution in [-0.4, -0.2) is 40.8 Å². The Morgan fingerprint density at radius 2 is 1.70 bits per heavy atom. The quantitative estimate of drug-likeness (QED) is 0.313. The normalized spacial score (nSPS) is 10.3. The average Bonchev–Trinajstić information content (AvgIpc) is 3.20. The maximum atomic E-state index is 12.1. The average molecular weight is 443 g/mol. The summed E-state index contributed by atoms with van der Waals surface area (Å²) in [6.07, 6.45) is 0.250. The molecule has 154 valence electrons. The van der Waals surface area contributed by atoms with Crippen molar-refractivity contribution in [3.8, 4) is 0 Å². The molecule has 1 heterocycles. The van der Waals surface area contributed by atoms with Crippen LogP contribution in [0.2, 0.25) is 0 Å². The fraction of sp³-hybridized carbons (Fsp3) is 0.150. The number of benzene rings is 2. The second kappa shape index (κ2) is 10.5. The molecule has 0 aliphatic carbocycles. The van der Waals surface area contributed by atoms with Gasteiger partial charge in [0, 0.05) is 5.69 Å². The molecule has 0 saturated heterocycles. The molecule has 2 amide bonds. The molecule has 3 aromatic rings. The Morgan fingerprint density at radius 1 is 0.967 bits per heavy atom. The van der Waals surface area contributed by atoms with E-state index >= 15 is 0 Å². The van der Waals surface area contributed by atoms with Crippen LogP contribution in [0.5, 0.6) is 0 Å². The molecule has 0 radical (unpaired) electrons. The van der Waals surface area contributed by atoms with E-state index in [4.69, 9.17) is 0 Å². The first kappa shape index (κ1) is 21.5. The van der Waals surface area contributed by atoms with Crippen molar-refractivity contribution in [1.82, 2.24) is 10.2 Å². The largest absolute Gasteiger partial charge is 0.465 e. The fourth-order valence-electron chi connectivity index (χ4n) is 2.40. The number of aromatic nitrogens is 2. The van der Waals surface area contributed by atoms with E-state index in [-0.39, 0.29) is 24.0 Å². The van der Waals surface area contributed by atoms with E-state index < -0.39 is 5.97 Å². The van der Waals surface area contributed by atoms with Gasteiger partial charge in [-0.15, -0.1) is 10.2 Å². The Labute approximate surface area is 181 Å². The van der Waals surface area contributed by atoms with Crippen LogP contribution in [0.25, 0.3) is 0 Å². The summed E-state index contributed by atoms with van der Waals surface area (Å²) in [5, 5.41) is 13.8. The lowest BCUT2D eigenvalue weighted by molar-refractivity contribution is -0.115. The van der Waals surface area contributed by atoms with Crippen molar-refractivity contribution in [1.29, 1.82) is 0 Å². The van der Waals surface area contributed by atoms with E-state index in [9.17, 15) is 14.4 Å². The van der Waals surface area contributed by atoms with Gasteiger partial charge < -0.3 is 15.4 Å². The molecular weight excluding hydrogens is 424 g/mol. The van der Waals surface area contributed by atoms with E-state index in [2.05, 4.69) is 25.6 Å². The van der Waals surface area contributed by atoms with Crippen LogP contribution >= 0.6 is 23.1 Å². The van der Waals surface area contributed by atoms with Crippen LogP contribution in [0.1, 0.15) is 15.9 Å². The lowest BCUT2D eigenvalue weighted by Crippen LogP contribution is -2.14. The molecule has 2 aromatic carbocycles. The van der Waals surface area contributed by atoms with Gasteiger partial charge in [0.2, 0.25) is 16.9 Å². The molecule has 0 unspecified atom stereocenters. The van der Waals surface area contributed by atoms with Gasteiger partial charge in [-0.2, -0.15) is 0 Å². The van der Waals surface area contributed by atoms with Gasteiger partial charge in [0.1, 0.15) is 0 Å². The van der Waals surface area contributed by atoms with E-state index in [1.807, 2.05) is 30.3 Å². The molecule has 2 N–H and O–H groups in total. The van der Waals surface area contributed by atoms with Crippen LogP contribution in [0, 0.1) is 0 Å². The van der Waals surface area contributed by atoms with Crippen molar-refractivity contribution in [2.45, 2.75) is 10.8 Å². The zero-order chi connectivity index (χ0) is 21.3. The maximum absolute atomic E-state index is 12.1. The minimum absolute atomic E-state index is 0.130. The first-order valence-corrected chi connectivity index (χ1v) is 10.6. The van der Waals surface area contributed by atoms with Crippen molar-refractivity contribution in [2.75, 3.05) is 23.5 Å². The number of methoxy groups -OCH3 is 1. The van der Waals surface area contributed by atoms with Gasteiger partial charge in [0.25, 0.3) is 0 Å². The summed E-state index contributed by atoms with van der Waals surface area (Å²) in [5.74, 6) is -0.713. The molecule has 3 rings (SSSR count). The standard InChI is InChI=1S/C20H18N4O4S2/c1-28-18(27)14-7-9-15(10-8-14)21-17(26)12-29-20-24-23-19(30-20)22-16(25)11-13-5-3-2-4-6-13/h2-10H,11-12H2,1H3,(H,21,26)(H,22,23,25). The number of rotatable bonds is 8. The minimum Gasteiger partial charge on any atom is -0.465 e. The molecule has 0 aliphatic heterocycles. The van der Waals surface area contributed by atoms with Crippen LogP contribution in [0.4, 0.5) is 10.8 Å². The zero-order valence-corrected chi connectivity index (χ0v) is 17.6. The van der Waals surface area contributed by atoms with Crippen LogP contribution in [-0.2, 0) is 20.7 Å². The van der Waals surface area contributed by atoms with Crippen molar-refractivity contribution >= 4 is 51.7 Å². The third kappa shape index (κ3) is 6.39. The predicted molar refractivity (Wildman–Crippen MR) is 116 cm³/mol. The van der Waals surface area contributed by atoms with Crippen LogP contribution < -0.4 is 10.6 Å². The van der Waals surface area contributed by atoms with Crippen LogP contribution in [0.3, 0.4) is 0 Å². The topological polar surface area (TPSA) is 110 Å². The molecule has 0 spiro atoms. The number of ether oxygens (including phenoxy) is 1. The molecule has 0 bridgehead atoms. The third-order valence-electron chi connectivity index (χ3n) is 3.78. The van der Waals surface area contributed by atoms with Crippen molar-refractivity contribution in [2.24, 2.45) is 0 Å². The number of nitrogens with one attached hydrogen (secondary N) is 2. The Kier molecular flexibility index (Phi) is 7.52. The highest BCUT2D eigenvalue weighted by molar-refractivity contribution is 8.01. The van der Waals surface area contributed by atoms with E-state index in [1.54, 1.807) is 24.3 Å². The summed E-state index contributed by atoms with van der Waals surface area (Å²) in [4.78, 5) is 35.6. The molecule has 1 aromatic heterocycles. The Morgan fingerprint density at radius 3 is 2.40 bits per heavy atom. The third-order valence-corrected chi connectivity index (χ3v) is 5.75. The SMILES string of the molecule is COC(=O)c1ccc(NC(=O)CSc2nnc(NC(=O)Cc3ccccc3)s2)cc1. The van der Waals surface area contributed by atoms with Gasteiger partial charge >= 0.3 is 5.97 Å². The second-order valence-electron chi connectivity index (χ2n) is 5.99. The monoisotopic (exact) mass is 442 g/mol. The van der Waals surface area contributed by atoms with E-state index in [0.29, 0.717) is 20.7 Å². The molecule has 8 nitrogen and oxygen atoms in total. The van der Waals surface area contributed by atoms with E-state index in [1.165, 1.54) is 30.2 Å². The highest BCUT2D eigenvalue weighted by Gasteiger charge is 2.12. The van der Waals surface area contributed by atoms with Gasteiger partial charge in [-0.25, -0.2) is 4.79 Å². The van der Waals surface area contributed by atoms with Gasteiger partial charge in [0.05, 0.1) is 24.8 Å².